The zero-order valence-corrected chi connectivity index (χ0v) is 16.4. The predicted octanol–water partition coefficient (Wildman–Crippen LogP) is 5.03. The van der Waals surface area contributed by atoms with Crippen molar-refractivity contribution in [2.75, 3.05) is 5.73 Å². The highest BCUT2D eigenvalue weighted by Crippen LogP contribution is 2.38. The molecule has 0 radical (unpaired) electrons. The van der Waals surface area contributed by atoms with E-state index in [4.69, 9.17) is 22.3 Å². The third-order valence-electron chi connectivity index (χ3n) is 3.99. The van der Waals surface area contributed by atoms with Crippen molar-refractivity contribution in [3.63, 3.8) is 0 Å². The van der Waals surface area contributed by atoms with Crippen LogP contribution in [-0.4, -0.2) is 19.7 Å². The van der Waals surface area contributed by atoms with Gasteiger partial charge >= 0.3 is 0 Å². The average Bonchev–Trinajstić information content (AvgIpc) is 3.19. The van der Waals surface area contributed by atoms with E-state index in [-0.39, 0.29) is 5.25 Å². The summed E-state index contributed by atoms with van der Waals surface area (Å²) in [5.41, 5.74) is 8.88. The highest BCUT2D eigenvalue weighted by molar-refractivity contribution is 8.01. The molecule has 5 nitrogen and oxygen atoms in total. The first-order valence-electron chi connectivity index (χ1n) is 8.05. The zero-order valence-electron chi connectivity index (χ0n) is 14.0. The summed E-state index contributed by atoms with van der Waals surface area (Å²) >= 11 is 9.17. The van der Waals surface area contributed by atoms with Gasteiger partial charge in [-0.25, -0.2) is 4.98 Å². The third-order valence-corrected chi connectivity index (χ3v) is 6.16. The molecule has 0 spiro atoms. The summed E-state index contributed by atoms with van der Waals surface area (Å²) in [6.45, 7) is 2.87. The molecular weight excluding hydrogens is 386 g/mol. The smallest absolute Gasteiger partial charge is 0.203 e. The van der Waals surface area contributed by atoms with Crippen molar-refractivity contribution in [3.05, 3.63) is 64.9 Å². The van der Waals surface area contributed by atoms with Crippen molar-refractivity contribution in [1.82, 2.24) is 19.7 Å². The van der Waals surface area contributed by atoms with E-state index in [0.717, 1.165) is 27.7 Å². The molecule has 2 N–H and O–H groups in total. The molecule has 2 aromatic carbocycles. The van der Waals surface area contributed by atoms with E-state index in [0.29, 0.717) is 10.2 Å². The standard InChI is InChI=1S/C18H16ClN5S2/c1-11(25-18-23-22-17(20)26-18)16-21-14-9-13(19)7-8-15(14)24(16)10-12-5-3-2-4-6-12/h2-9,11H,10H2,1H3,(H2,20,22)/t11-/m1/s1. The van der Waals surface area contributed by atoms with Crippen LogP contribution in [0.4, 0.5) is 5.13 Å². The lowest BCUT2D eigenvalue weighted by Crippen LogP contribution is -2.06. The molecule has 0 aliphatic carbocycles. The van der Waals surface area contributed by atoms with E-state index >= 15 is 0 Å². The molecule has 4 aromatic rings. The Hall–Kier alpha value is -2.09. The first-order valence-corrected chi connectivity index (χ1v) is 10.1. The third kappa shape index (κ3) is 3.56. The molecule has 0 unspecified atom stereocenters. The SMILES string of the molecule is C[C@@H](Sc1nnc(N)s1)c1nc2cc(Cl)ccc2n1Cc1ccccc1. The fourth-order valence-corrected chi connectivity index (χ4v) is 4.90. The molecule has 2 aromatic heterocycles. The van der Waals surface area contributed by atoms with Crippen LogP contribution in [0.5, 0.6) is 0 Å². The molecule has 26 heavy (non-hydrogen) atoms. The Labute approximate surface area is 164 Å². The van der Waals surface area contributed by atoms with E-state index in [1.165, 1.54) is 16.9 Å². The maximum atomic E-state index is 6.17. The molecule has 0 saturated heterocycles. The van der Waals surface area contributed by atoms with E-state index < -0.39 is 0 Å². The van der Waals surface area contributed by atoms with Crippen molar-refractivity contribution >= 4 is 50.9 Å². The van der Waals surface area contributed by atoms with Gasteiger partial charge in [-0.15, -0.1) is 10.2 Å². The summed E-state index contributed by atoms with van der Waals surface area (Å²) < 4.78 is 3.08. The summed E-state index contributed by atoms with van der Waals surface area (Å²) in [6, 6.07) is 16.2. The molecule has 1 atom stereocenters. The number of fused-ring (bicyclic) bond motifs is 1. The van der Waals surface area contributed by atoms with Gasteiger partial charge in [0.1, 0.15) is 5.82 Å². The molecule has 0 saturated carbocycles. The van der Waals surface area contributed by atoms with Crippen LogP contribution in [0, 0.1) is 0 Å². The van der Waals surface area contributed by atoms with E-state index in [1.54, 1.807) is 11.8 Å². The van der Waals surface area contributed by atoms with E-state index in [1.807, 2.05) is 36.4 Å². The Balaban J connectivity index is 1.75. The van der Waals surface area contributed by atoms with Gasteiger partial charge in [0.2, 0.25) is 5.13 Å². The van der Waals surface area contributed by atoms with Gasteiger partial charge in [0, 0.05) is 11.6 Å². The lowest BCUT2D eigenvalue weighted by Gasteiger charge is -2.13. The molecular formula is C18H16ClN5S2. The summed E-state index contributed by atoms with van der Waals surface area (Å²) in [5.74, 6) is 0.977. The van der Waals surface area contributed by atoms with Gasteiger partial charge in [0.15, 0.2) is 4.34 Å². The van der Waals surface area contributed by atoms with Crippen molar-refractivity contribution < 1.29 is 0 Å². The number of thioether (sulfide) groups is 1. The number of benzene rings is 2. The van der Waals surface area contributed by atoms with Crippen molar-refractivity contribution in [2.45, 2.75) is 23.1 Å². The second kappa shape index (κ2) is 7.26. The average molecular weight is 402 g/mol. The van der Waals surface area contributed by atoms with Crippen LogP contribution < -0.4 is 5.73 Å². The Morgan fingerprint density at radius 1 is 1.19 bits per heavy atom. The maximum absolute atomic E-state index is 6.17. The molecule has 132 valence electrons. The number of hydrogen-bond acceptors (Lipinski definition) is 6. The Morgan fingerprint density at radius 2 is 2.00 bits per heavy atom. The second-order valence-corrected chi connectivity index (χ2v) is 8.87. The normalized spacial score (nSPS) is 12.5. The van der Waals surface area contributed by atoms with Crippen molar-refractivity contribution in [3.8, 4) is 0 Å². The topological polar surface area (TPSA) is 69.6 Å². The van der Waals surface area contributed by atoms with Gasteiger partial charge in [0.05, 0.1) is 16.3 Å². The summed E-state index contributed by atoms with van der Waals surface area (Å²) in [6.07, 6.45) is 0. The summed E-state index contributed by atoms with van der Waals surface area (Å²) in [7, 11) is 0. The van der Waals surface area contributed by atoms with Crippen LogP contribution in [0.1, 0.15) is 23.6 Å². The molecule has 0 bridgehead atoms. The molecule has 0 aliphatic rings. The second-order valence-electron chi connectivity index (χ2n) is 5.84. The highest BCUT2D eigenvalue weighted by atomic mass is 35.5. The number of nitrogens with zero attached hydrogens (tertiary/aromatic N) is 4. The Kier molecular flexibility index (Phi) is 4.84. The number of imidazole rings is 1. The van der Waals surface area contributed by atoms with Crippen LogP contribution >= 0.6 is 34.7 Å². The quantitative estimate of drug-likeness (QED) is 0.475. The number of nitrogens with two attached hydrogens (primary N) is 1. The number of rotatable bonds is 5. The van der Waals surface area contributed by atoms with Gasteiger partial charge in [-0.2, -0.15) is 0 Å². The lowest BCUT2D eigenvalue weighted by atomic mass is 10.2. The van der Waals surface area contributed by atoms with Gasteiger partial charge in [-0.1, -0.05) is 65.0 Å². The largest absolute Gasteiger partial charge is 0.374 e. The summed E-state index contributed by atoms with van der Waals surface area (Å²) in [5, 5.41) is 9.26. The van der Waals surface area contributed by atoms with Crippen molar-refractivity contribution in [1.29, 1.82) is 0 Å². The fourth-order valence-electron chi connectivity index (χ4n) is 2.84. The van der Waals surface area contributed by atoms with E-state index in [2.05, 4.69) is 33.8 Å². The molecule has 0 amide bonds. The van der Waals surface area contributed by atoms with Crippen molar-refractivity contribution in [2.24, 2.45) is 0 Å². The van der Waals surface area contributed by atoms with Gasteiger partial charge in [-0.05, 0) is 30.7 Å². The zero-order chi connectivity index (χ0) is 18.1. The lowest BCUT2D eigenvalue weighted by molar-refractivity contribution is 0.746. The highest BCUT2D eigenvalue weighted by Gasteiger charge is 2.20. The minimum atomic E-state index is 0.0947. The number of anilines is 1. The van der Waals surface area contributed by atoms with Crippen LogP contribution in [0.15, 0.2) is 52.9 Å². The number of aromatic nitrogens is 4. The number of nitrogen functional groups attached to an aromatic ring is 1. The van der Waals surface area contributed by atoms with Crippen LogP contribution in [0.3, 0.4) is 0 Å². The molecule has 2 heterocycles. The molecule has 8 heteroatoms. The summed E-state index contributed by atoms with van der Waals surface area (Å²) in [4.78, 5) is 4.86. The van der Waals surface area contributed by atoms with Gasteiger partial charge in [-0.3, -0.25) is 0 Å². The molecule has 0 aliphatic heterocycles. The van der Waals surface area contributed by atoms with Crippen LogP contribution in [-0.2, 0) is 6.54 Å². The Bertz CT molecular complexity index is 1040. The van der Waals surface area contributed by atoms with Crippen LogP contribution in [0.2, 0.25) is 5.02 Å². The first-order chi connectivity index (χ1) is 12.6. The van der Waals surface area contributed by atoms with Gasteiger partial charge in [0.25, 0.3) is 0 Å². The Morgan fingerprint density at radius 3 is 2.73 bits per heavy atom. The maximum Gasteiger partial charge on any atom is 0.203 e. The minimum absolute atomic E-state index is 0.0947. The van der Waals surface area contributed by atoms with E-state index in [9.17, 15) is 0 Å². The van der Waals surface area contributed by atoms with Gasteiger partial charge < -0.3 is 10.3 Å². The fraction of sp³-hybridized carbons (Fsp3) is 0.167. The minimum Gasteiger partial charge on any atom is -0.374 e. The molecule has 4 rings (SSSR count). The van der Waals surface area contributed by atoms with Crippen LogP contribution in [0.25, 0.3) is 11.0 Å². The first kappa shape index (κ1) is 17.3. The monoisotopic (exact) mass is 401 g/mol. The number of halogens is 1. The number of hydrogen-bond donors (Lipinski definition) is 1. The predicted molar refractivity (Wildman–Crippen MR) is 109 cm³/mol. The molecule has 0 fully saturated rings.